The van der Waals surface area contributed by atoms with Crippen molar-refractivity contribution < 1.29 is 32.6 Å². The number of alkyl halides is 3. The average Bonchev–Trinajstić information content (AvgIpc) is 3.42. The number of nitrogens with zero attached hydrogens (tertiary/aromatic N) is 1. The van der Waals surface area contributed by atoms with Crippen molar-refractivity contribution in [1.29, 1.82) is 0 Å². The van der Waals surface area contributed by atoms with Crippen LogP contribution >= 0.6 is 0 Å². The van der Waals surface area contributed by atoms with Gasteiger partial charge in [0, 0.05) is 51.1 Å². The molecule has 5 rings (SSSR count). The number of carboxylic acid groups (broad SMARTS) is 1. The maximum absolute atomic E-state index is 12.8. The Hall–Kier alpha value is -2.13. The van der Waals surface area contributed by atoms with Gasteiger partial charge in [0.1, 0.15) is 0 Å². The molecule has 0 unspecified atom stereocenters. The maximum Gasteiger partial charge on any atom is 0.490 e. The average molecular weight is 469 g/mol. The summed E-state index contributed by atoms with van der Waals surface area (Å²) in [7, 11) is 0. The van der Waals surface area contributed by atoms with E-state index in [1.807, 2.05) is 0 Å². The van der Waals surface area contributed by atoms with E-state index in [9.17, 15) is 18.0 Å². The molecule has 9 heteroatoms. The molecule has 2 aliphatic heterocycles. The van der Waals surface area contributed by atoms with E-state index >= 15 is 0 Å². The van der Waals surface area contributed by atoms with Crippen molar-refractivity contribution in [2.24, 2.45) is 17.8 Å². The van der Waals surface area contributed by atoms with E-state index in [1.54, 1.807) is 0 Å². The number of carbonyl (C=O) groups is 2. The number of hydrogen-bond acceptors (Lipinski definition) is 4. The molecular formula is C24H31F3N2O4. The van der Waals surface area contributed by atoms with Crippen LogP contribution in [0.4, 0.5) is 13.2 Å². The molecule has 0 bridgehead atoms. The third-order valence-electron chi connectivity index (χ3n) is 7.19. The molecule has 33 heavy (non-hydrogen) atoms. The molecule has 0 radical (unpaired) electrons. The first-order valence-electron chi connectivity index (χ1n) is 11.7. The Kier molecular flexibility index (Phi) is 7.28. The lowest BCUT2D eigenvalue weighted by atomic mass is 9.93. The lowest BCUT2D eigenvalue weighted by Crippen LogP contribution is -2.35. The largest absolute Gasteiger partial charge is 0.490 e. The molecule has 1 aromatic carbocycles. The molecule has 1 saturated carbocycles. The zero-order chi connectivity index (χ0) is 23.6. The number of amides is 1. The van der Waals surface area contributed by atoms with E-state index in [2.05, 4.69) is 34.5 Å². The molecule has 4 aliphatic rings. The summed E-state index contributed by atoms with van der Waals surface area (Å²) in [6.45, 7) is 5.19. The minimum atomic E-state index is -5.08. The maximum atomic E-state index is 12.8. The van der Waals surface area contributed by atoms with Crippen molar-refractivity contribution in [3.63, 3.8) is 0 Å². The number of carbonyl (C=O) groups excluding carboxylic acids is 1. The number of benzene rings is 1. The number of halogens is 3. The van der Waals surface area contributed by atoms with Crippen LogP contribution in [0.1, 0.15) is 55.2 Å². The van der Waals surface area contributed by atoms with Crippen molar-refractivity contribution in [2.75, 3.05) is 32.8 Å². The van der Waals surface area contributed by atoms with Crippen LogP contribution in [-0.2, 0) is 14.3 Å². The fraction of sp³-hybridized carbons (Fsp3) is 0.667. The highest BCUT2D eigenvalue weighted by Gasteiger charge is 2.47. The lowest BCUT2D eigenvalue weighted by molar-refractivity contribution is -0.192. The van der Waals surface area contributed by atoms with E-state index in [0.717, 1.165) is 38.5 Å². The van der Waals surface area contributed by atoms with Crippen LogP contribution in [0.25, 0.3) is 0 Å². The first-order valence-corrected chi connectivity index (χ1v) is 11.7. The van der Waals surface area contributed by atoms with Crippen LogP contribution in [0, 0.1) is 17.8 Å². The topological polar surface area (TPSA) is 78.9 Å². The van der Waals surface area contributed by atoms with Gasteiger partial charge in [-0.2, -0.15) is 13.2 Å². The Morgan fingerprint density at radius 3 is 2.27 bits per heavy atom. The first-order chi connectivity index (χ1) is 15.7. The summed E-state index contributed by atoms with van der Waals surface area (Å²) in [6, 6.07) is 9.01. The molecule has 1 amide bonds. The zero-order valence-corrected chi connectivity index (χ0v) is 18.5. The van der Waals surface area contributed by atoms with Crippen LogP contribution in [0.15, 0.2) is 24.3 Å². The van der Waals surface area contributed by atoms with E-state index in [0.29, 0.717) is 24.2 Å². The number of fused-ring (bicyclic) bond motifs is 3. The van der Waals surface area contributed by atoms with Crippen molar-refractivity contribution in [1.82, 2.24) is 10.2 Å². The monoisotopic (exact) mass is 468 g/mol. The fourth-order valence-corrected chi connectivity index (χ4v) is 5.39. The van der Waals surface area contributed by atoms with Crippen molar-refractivity contribution in [3.8, 4) is 0 Å². The molecule has 3 atom stereocenters. The summed E-state index contributed by atoms with van der Waals surface area (Å²) in [5.74, 6) is 0.0467. The quantitative estimate of drug-likeness (QED) is 0.689. The highest BCUT2D eigenvalue weighted by molar-refractivity contribution is 5.77. The summed E-state index contributed by atoms with van der Waals surface area (Å²) in [6.07, 6.45) is 0.443. The summed E-state index contributed by atoms with van der Waals surface area (Å²) < 4.78 is 37.2. The molecule has 0 aromatic heterocycles. The van der Waals surface area contributed by atoms with Crippen LogP contribution in [-0.4, -0.2) is 60.9 Å². The van der Waals surface area contributed by atoms with Crippen LogP contribution in [0.3, 0.4) is 0 Å². The zero-order valence-electron chi connectivity index (χ0n) is 18.5. The number of aliphatic carboxylic acids is 1. The number of ether oxygens (including phenoxy) is 1. The molecule has 1 aromatic rings. The molecule has 6 nitrogen and oxygen atoms in total. The molecule has 2 aliphatic carbocycles. The van der Waals surface area contributed by atoms with Gasteiger partial charge in [0.05, 0.1) is 6.04 Å². The predicted molar refractivity (Wildman–Crippen MR) is 115 cm³/mol. The highest BCUT2D eigenvalue weighted by atomic mass is 19.4. The van der Waals surface area contributed by atoms with Crippen molar-refractivity contribution >= 4 is 11.9 Å². The predicted octanol–water partition coefficient (Wildman–Crippen LogP) is 3.73. The van der Waals surface area contributed by atoms with Gasteiger partial charge in [-0.1, -0.05) is 24.3 Å². The van der Waals surface area contributed by atoms with Crippen molar-refractivity contribution in [3.05, 3.63) is 35.4 Å². The van der Waals surface area contributed by atoms with E-state index in [4.69, 9.17) is 14.6 Å². The fourth-order valence-electron chi connectivity index (χ4n) is 5.39. The Balaban J connectivity index is 0.000000325. The van der Waals surface area contributed by atoms with Gasteiger partial charge in [-0.3, -0.25) is 4.79 Å². The minimum Gasteiger partial charge on any atom is -0.475 e. The van der Waals surface area contributed by atoms with E-state index in [1.165, 1.54) is 37.1 Å². The Labute approximate surface area is 191 Å². The Morgan fingerprint density at radius 2 is 1.67 bits per heavy atom. The normalized spacial score (nSPS) is 27.3. The van der Waals surface area contributed by atoms with Crippen molar-refractivity contribution in [2.45, 2.75) is 50.2 Å². The second kappa shape index (κ2) is 10.0. The SMILES string of the molecule is O=C(CC1CCOCC1)N[C@@H]1c2ccccc2[C@@H]2CN(CC3CC3)C[C@H]12.O=C(O)C(F)(F)F. The summed E-state index contributed by atoms with van der Waals surface area (Å²) >= 11 is 0. The number of hydrogen-bond donors (Lipinski definition) is 2. The third kappa shape index (κ3) is 6.06. The molecule has 0 spiro atoms. The number of carboxylic acids is 1. The number of nitrogens with one attached hydrogen (secondary N) is 1. The minimum absolute atomic E-state index is 0.202. The molecule has 182 valence electrons. The molecule has 2 heterocycles. The number of rotatable bonds is 5. The smallest absolute Gasteiger partial charge is 0.475 e. The highest BCUT2D eigenvalue weighted by Crippen LogP contribution is 2.49. The molecule has 2 N–H and O–H groups in total. The van der Waals surface area contributed by atoms with Gasteiger partial charge in [-0.25, -0.2) is 4.79 Å². The van der Waals surface area contributed by atoms with Gasteiger partial charge in [0.2, 0.25) is 5.91 Å². The van der Waals surface area contributed by atoms with Gasteiger partial charge < -0.3 is 20.1 Å². The Bertz CT molecular complexity index is 852. The van der Waals surface area contributed by atoms with Gasteiger partial charge in [0.25, 0.3) is 0 Å². The van der Waals surface area contributed by atoms with Gasteiger partial charge in [-0.15, -0.1) is 0 Å². The summed E-state index contributed by atoms with van der Waals surface area (Å²) in [4.78, 5) is 24.3. The lowest BCUT2D eigenvalue weighted by Gasteiger charge is -2.25. The van der Waals surface area contributed by atoms with Gasteiger partial charge >= 0.3 is 12.1 Å². The third-order valence-corrected chi connectivity index (χ3v) is 7.19. The second-order valence-corrected chi connectivity index (χ2v) is 9.67. The molecular weight excluding hydrogens is 437 g/mol. The van der Waals surface area contributed by atoms with Gasteiger partial charge in [0.15, 0.2) is 0 Å². The Morgan fingerprint density at radius 1 is 1.03 bits per heavy atom. The second-order valence-electron chi connectivity index (χ2n) is 9.67. The van der Waals surface area contributed by atoms with Crippen LogP contribution in [0.2, 0.25) is 0 Å². The summed E-state index contributed by atoms with van der Waals surface area (Å²) in [5.41, 5.74) is 2.85. The van der Waals surface area contributed by atoms with Crippen LogP contribution < -0.4 is 5.32 Å². The number of likely N-dealkylation sites (tertiary alicyclic amines) is 1. The first kappa shape index (κ1) is 24.0. The van der Waals surface area contributed by atoms with Gasteiger partial charge in [-0.05, 0) is 48.6 Å². The standard InChI is InChI=1S/C22H30N2O2.C2HF3O2/c25-21(11-15-7-9-26-10-8-15)23-22-18-4-2-1-3-17(18)19-13-24(14-20(19)22)12-16-5-6-16;3-2(4,5)1(6)7/h1-4,15-16,19-20,22H,5-14H2,(H,23,25);(H,6,7)/t19-,20-,22+;/m0./s1. The van der Waals surface area contributed by atoms with Crippen LogP contribution in [0.5, 0.6) is 0 Å². The summed E-state index contributed by atoms with van der Waals surface area (Å²) in [5, 5.41) is 10.6. The molecule has 2 saturated heterocycles. The molecule has 3 fully saturated rings. The van der Waals surface area contributed by atoms with E-state index in [-0.39, 0.29) is 11.9 Å². The van der Waals surface area contributed by atoms with E-state index < -0.39 is 12.1 Å².